The van der Waals surface area contributed by atoms with Gasteiger partial charge in [0, 0.05) is 7.05 Å². The van der Waals surface area contributed by atoms with Gasteiger partial charge in [-0.05, 0) is 41.0 Å². The van der Waals surface area contributed by atoms with E-state index in [2.05, 4.69) is 0 Å². The van der Waals surface area contributed by atoms with Crippen molar-refractivity contribution in [1.29, 1.82) is 0 Å². The standard InChI is InChI=1S/C18H15F2NO3/c1-21-16(10-3-5-11(19)6-4-10)13-8-7-12(20)9-14(13)15(17(21)22)18(23)24-2/h3-9,15-16H,1-2H3/t15?,16-/m1/s1. The fraction of sp³-hybridized carbons (Fsp3) is 0.222. The molecule has 0 fully saturated rings. The highest BCUT2D eigenvalue weighted by Gasteiger charge is 2.42. The van der Waals surface area contributed by atoms with Crippen LogP contribution >= 0.6 is 0 Å². The molecule has 0 bridgehead atoms. The molecule has 24 heavy (non-hydrogen) atoms. The zero-order valence-electron chi connectivity index (χ0n) is 13.1. The van der Waals surface area contributed by atoms with Crippen LogP contribution in [0.1, 0.15) is 28.7 Å². The van der Waals surface area contributed by atoms with Gasteiger partial charge in [0.1, 0.15) is 11.6 Å². The van der Waals surface area contributed by atoms with Crippen molar-refractivity contribution in [3.63, 3.8) is 0 Å². The van der Waals surface area contributed by atoms with Crippen molar-refractivity contribution >= 4 is 11.9 Å². The van der Waals surface area contributed by atoms with E-state index < -0.39 is 35.5 Å². The summed E-state index contributed by atoms with van der Waals surface area (Å²) in [5.74, 6) is -3.37. The molecule has 0 radical (unpaired) electrons. The van der Waals surface area contributed by atoms with Gasteiger partial charge in [-0.15, -0.1) is 0 Å². The summed E-state index contributed by atoms with van der Waals surface area (Å²) in [6.07, 6.45) is 0. The van der Waals surface area contributed by atoms with E-state index >= 15 is 0 Å². The van der Waals surface area contributed by atoms with Crippen LogP contribution in [0.25, 0.3) is 0 Å². The molecule has 6 heteroatoms. The quantitative estimate of drug-likeness (QED) is 0.628. The minimum Gasteiger partial charge on any atom is -0.468 e. The number of likely N-dealkylation sites (N-methyl/N-ethyl adjacent to an activating group) is 1. The van der Waals surface area contributed by atoms with E-state index in [4.69, 9.17) is 4.74 Å². The molecule has 1 aliphatic rings. The lowest BCUT2D eigenvalue weighted by Crippen LogP contribution is -2.43. The summed E-state index contributed by atoms with van der Waals surface area (Å²) in [5, 5.41) is 0. The molecule has 1 unspecified atom stereocenters. The Balaban J connectivity index is 2.20. The fourth-order valence-electron chi connectivity index (χ4n) is 3.11. The van der Waals surface area contributed by atoms with E-state index in [1.807, 2.05) is 0 Å². The molecule has 3 rings (SSSR count). The van der Waals surface area contributed by atoms with Crippen LogP contribution in [-0.2, 0) is 14.3 Å². The average Bonchev–Trinajstić information content (AvgIpc) is 2.57. The number of halogens is 2. The van der Waals surface area contributed by atoms with Gasteiger partial charge >= 0.3 is 5.97 Å². The maximum Gasteiger partial charge on any atom is 0.322 e. The zero-order valence-corrected chi connectivity index (χ0v) is 13.1. The summed E-state index contributed by atoms with van der Waals surface area (Å²) in [7, 11) is 2.74. The van der Waals surface area contributed by atoms with Crippen LogP contribution in [0.4, 0.5) is 8.78 Å². The van der Waals surface area contributed by atoms with Crippen LogP contribution in [0.2, 0.25) is 0 Å². The van der Waals surface area contributed by atoms with Gasteiger partial charge in [0.2, 0.25) is 5.91 Å². The fourth-order valence-corrected chi connectivity index (χ4v) is 3.11. The third-order valence-electron chi connectivity index (χ3n) is 4.26. The Morgan fingerprint density at radius 1 is 1.04 bits per heavy atom. The number of benzene rings is 2. The Bertz CT molecular complexity index is 804. The molecule has 1 amide bonds. The van der Waals surface area contributed by atoms with Gasteiger partial charge in [0.25, 0.3) is 0 Å². The maximum atomic E-state index is 13.7. The molecule has 0 saturated heterocycles. The topological polar surface area (TPSA) is 46.6 Å². The van der Waals surface area contributed by atoms with Crippen LogP contribution in [0.5, 0.6) is 0 Å². The molecule has 124 valence electrons. The Morgan fingerprint density at radius 3 is 2.29 bits per heavy atom. The lowest BCUT2D eigenvalue weighted by molar-refractivity contribution is -0.150. The molecule has 0 saturated carbocycles. The summed E-state index contributed by atoms with van der Waals surface area (Å²) in [4.78, 5) is 26.1. The largest absolute Gasteiger partial charge is 0.468 e. The third-order valence-corrected chi connectivity index (χ3v) is 4.26. The number of rotatable bonds is 2. The van der Waals surface area contributed by atoms with E-state index in [0.717, 1.165) is 0 Å². The first-order valence-electron chi connectivity index (χ1n) is 7.33. The van der Waals surface area contributed by atoms with Crippen LogP contribution in [0.15, 0.2) is 42.5 Å². The molecule has 0 spiro atoms. The van der Waals surface area contributed by atoms with E-state index in [9.17, 15) is 18.4 Å². The van der Waals surface area contributed by atoms with Crippen molar-refractivity contribution in [2.75, 3.05) is 14.2 Å². The summed E-state index contributed by atoms with van der Waals surface area (Å²) in [6.45, 7) is 0. The van der Waals surface area contributed by atoms with Crippen molar-refractivity contribution in [2.24, 2.45) is 0 Å². The molecule has 4 nitrogen and oxygen atoms in total. The second-order valence-electron chi connectivity index (χ2n) is 5.63. The van der Waals surface area contributed by atoms with Crippen molar-refractivity contribution in [2.45, 2.75) is 12.0 Å². The number of ether oxygens (including phenoxy) is 1. The number of carbonyl (C=O) groups is 2. The van der Waals surface area contributed by atoms with Crippen LogP contribution < -0.4 is 0 Å². The number of fused-ring (bicyclic) bond motifs is 1. The first-order valence-corrected chi connectivity index (χ1v) is 7.33. The van der Waals surface area contributed by atoms with Crippen LogP contribution in [-0.4, -0.2) is 30.9 Å². The van der Waals surface area contributed by atoms with Crippen molar-refractivity contribution in [1.82, 2.24) is 4.90 Å². The summed E-state index contributed by atoms with van der Waals surface area (Å²) in [5.41, 5.74) is 1.56. The maximum absolute atomic E-state index is 13.7. The van der Waals surface area contributed by atoms with Crippen molar-refractivity contribution < 1.29 is 23.1 Å². The summed E-state index contributed by atoms with van der Waals surface area (Å²) in [6, 6.07) is 9.18. The van der Waals surface area contributed by atoms with Gasteiger partial charge in [-0.3, -0.25) is 9.59 Å². The van der Waals surface area contributed by atoms with Crippen LogP contribution in [0.3, 0.4) is 0 Å². The lowest BCUT2D eigenvalue weighted by Gasteiger charge is -2.38. The van der Waals surface area contributed by atoms with Gasteiger partial charge in [-0.2, -0.15) is 0 Å². The van der Waals surface area contributed by atoms with Gasteiger partial charge in [-0.25, -0.2) is 8.78 Å². The zero-order chi connectivity index (χ0) is 17.4. The van der Waals surface area contributed by atoms with Gasteiger partial charge < -0.3 is 9.64 Å². The molecular formula is C18H15F2NO3. The number of amides is 1. The van der Waals surface area contributed by atoms with E-state index in [1.54, 1.807) is 19.2 Å². The van der Waals surface area contributed by atoms with Crippen molar-refractivity contribution in [3.8, 4) is 0 Å². The van der Waals surface area contributed by atoms with E-state index in [1.165, 1.54) is 42.3 Å². The number of esters is 1. The Morgan fingerprint density at radius 2 is 1.67 bits per heavy atom. The third kappa shape index (κ3) is 2.54. The minimum atomic E-state index is -1.21. The second kappa shape index (κ2) is 6.03. The van der Waals surface area contributed by atoms with Gasteiger partial charge in [0.15, 0.2) is 5.92 Å². The lowest BCUT2D eigenvalue weighted by atomic mass is 9.82. The van der Waals surface area contributed by atoms with Crippen molar-refractivity contribution in [3.05, 3.63) is 70.8 Å². The molecular weight excluding hydrogens is 316 g/mol. The smallest absolute Gasteiger partial charge is 0.322 e. The number of nitrogens with zero attached hydrogens (tertiary/aromatic N) is 1. The Kier molecular flexibility index (Phi) is 4.05. The number of hydrogen-bond donors (Lipinski definition) is 0. The van der Waals surface area contributed by atoms with E-state index in [-0.39, 0.29) is 5.56 Å². The second-order valence-corrected chi connectivity index (χ2v) is 5.63. The molecule has 0 aliphatic carbocycles. The molecule has 1 heterocycles. The highest BCUT2D eigenvalue weighted by molar-refractivity contribution is 6.05. The number of carbonyl (C=O) groups excluding carboxylic acids is 2. The number of methoxy groups -OCH3 is 1. The normalized spacial score (nSPS) is 19.8. The molecule has 2 aromatic carbocycles. The van der Waals surface area contributed by atoms with Crippen LogP contribution in [0, 0.1) is 11.6 Å². The molecule has 1 aliphatic heterocycles. The SMILES string of the molecule is COC(=O)C1C(=O)N(C)[C@H](c2ccc(F)cc2)c2ccc(F)cc21. The molecule has 0 N–H and O–H groups in total. The summed E-state index contributed by atoms with van der Waals surface area (Å²) < 4.78 is 31.6. The monoisotopic (exact) mass is 331 g/mol. The Labute approximate surface area is 137 Å². The van der Waals surface area contributed by atoms with Gasteiger partial charge in [0.05, 0.1) is 13.2 Å². The molecule has 0 aromatic heterocycles. The van der Waals surface area contributed by atoms with E-state index in [0.29, 0.717) is 11.1 Å². The minimum absolute atomic E-state index is 0.277. The predicted octanol–water partition coefficient (Wildman–Crippen LogP) is 2.78. The first kappa shape index (κ1) is 16.1. The number of hydrogen-bond acceptors (Lipinski definition) is 3. The Hall–Kier alpha value is -2.76. The summed E-state index contributed by atoms with van der Waals surface area (Å²) >= 11 is 0. The first-order chi connectivity index (χ1) is 11.4. The van der Waals surface area contributed by atoms with Gasteiger partial charge in [-0.1, -0.05) is 18.2 Å². The predicted molar refractivity (Wildman–Crippen MR) is 82.2 cm³/mol. The highest BCUT2D eigenvalue weighted by Crippen LogP contribution is 2.40. The molecule has 2 atom stereocenters. The molecule has 2 aromatic rings. The highest BCUT2D eigenvalue weighted by atomic mass is 19.1. The average molecular weight is 331 g/mol.